The van der Waals surface area contributed by atoms with E-state index in [0.29, 0.717) is 22.7 Å². The van der Waals surface area contributed by atoms with Crippen molar-refractivity contribution in [1.29, 1.82) is 0 Å². The van der Waals surface area contributed by atoms with Crippen molar-refractivity contribution >= 4 is 23.2 Å². The van der Waals surface area contributed by atoms with Gasteiger partial charge < -0.3 is 21.1 Å². The molecule has 23 heavy (non-hydrogen) atoms. The molecule has 6 heteroatoms. The normalized spacial score (nSPS) is 10.0. The van der Waals surface area contributed by atoms with Gasteiger partial charge in [-0.05, 0) is 36.8 Å². The molecule has 0 radical (unpaired) electrons. The molecule has 0 bridgehead atoms. The quantitative estimate of drug-likeness (QED) is 0.788. The van der Waals surface area contributed by atoms with Crippen molar-refractivity contribution in [2.75, 3.05) is 24.3 Å². The Morgan fingerprint density at radius 2 is 1.83 bits per heavy atom. The minimum absolute atomic E-state index is 0.131. The molecule has 120 valence electrons. The third kappa shape index (κ3) is 4.08. The molecule has 2 aromatic carbocycles. The van der Waals surface area contributed by atoms with Crippen LogP contribution in [-0.4, -0.2) is 25.5 Å². The minimum atomic E-state index is -0.330. The number of carbonyl (C=O) groups excluding carboxylic acids is 2. The lowest BCUT2D eigenvalue weighted by molar-refractivity contribution is -0.114. The summed E-state index contributed by atoms with van der Waals surface area (Å²) in [6.45, 7) is 1.76. The Morgan fingerprint density at radius 3 is 2.52 bits per heavy atom. The fraction of sp³-hybridized carbons (Fsp3) is 0.176. The second-order valence-corrected chi connectivity index (χ2v) is 4.96. The second kappa shape index (κ2) is 7.42. The third-order valence-corrected chi connectivity index (χ3v) is 3.23. The lowest BCUT2D eigenvalue weighted by Gasteiger charge is -2.14. The van der Waals surface area contributed by atoms with E-state index in [0.717, 1.165) is 5.56 Å². The van der Waals surface area contributed by atoms with Crippen molar-refractivity contribution in [2.24, 2.45) is 5.73 Å². The number of benzene rings is 2. The van der Waals surface area contributed by atoms with E-state index >= 15 is 0 Å². The van der Waals surface area contributed by atoms with E-state index in [-0.39, 0.29) is 18.4 Å². The van der Waals surface area contributed by atoms with Gasteiger partial charge in [-0.25, -0.2) is 0 Å². The number of aryl methyl sites for hydroxylation is 1. The van der Waals surface area contributed by atoms with Crippen LogP contribution in [0.1, 0.15) is 15.9 Å². The minimum Gasteiger partial charge on any atom is -0.496 e. The number of anilines is 2. The topological polar surface area (TPSA) is 93.5 Å². The van der Waals surface area contributed by atoms with Gasteiger partial charge in [0.15, 0.2) is 0 Å². The summed E-state index contributed by atoms with van der Waals surface area (Å²) >= 11 is 0. The highest BCUT2D eigenvalue weighted by Gasteiger charge is 2.14. The number of para-hydroxylation sites is 1. The van der Waals surface area contributed by atoms with E-state index in [1.165, 1.54) is 7.11 Å². The van der Waals surface area contributed by atoms with Gasteiger partial charge in [-0.15, -0.1) is 0 Å². The zero-order chi connectivity index (χ0) is 16.8. The maximum Gasteiger partial charge on any atom is 0.259 e. The molecule has 0 unspecified atom stereocenters. The maximum atomic E-state index is 12.5. The van der Waals surface area contributed by atoms with Crippen LogP contribution in [0.2, 0.25) is 0 Å². The molecule has 0 spiro atoms. The number of carbonyl (C=O) groups is 2. The largest absolute Gasteiger partial charge is 0.496 e. The molecule has 0 aromatic heterocycles. The number of methoxy groups -OCH3 is 1. The number of hydrogen-bond donors (Lipinski definition) is 3. The lowest BCUT2D eigenvalue weighted by Crippen LogP contribution is -2.23. The molecule has 2 rings (SSSR count). The first-order chi connectivity index (χ1) is 11.0. The van der Waals surface area contributed by atoms with Crippen LogP contribution in [-0.2, 0) is 4.79 Å². The molecule has 0 aliphatic carbocycles. The van der Waals surface area contributed by atoms with Crippen LogP contribution in [0.5, 0.6) is 5.75 Å². The number of rotatable bonds is 5. The summed E-state index contributed by atoms with van der Waals surface area (Å²) < 4.78 is 5.19. The van der Waals surface area contributed by atoms with E-state index in [2.05, 4.69) is 10.6 Å². The van der Waals surface area contributed by atoms with Gasteiger partial charge in [-0.3, -0.25) is 9.59 Å². The van der Waals surface area contributed by atoms with Gasteiger partial charge in [-0.2, -0.15) is 0 Å². The zero-order valence-electron chi connectivity index (χ0n) is 13.1. The Hall–Kier alpha value is -2.86. The maximum absolute atomic E-state index is 12.5. The summed E-state index contributed by atoms with van der Waals surface area (Å²) in [5, 5.41) is 5.46. The Morgan fingerprint density at radius 1 is 1.09 bits per heavy atom. The smallest absolute Gasteiger partial charge is 0.259 e. The van der Waals surface area contributed by atoms with Gasteiger partial charge >= 0.3 is 0 Å². The molecule has 0 saturated heterocycles. The number of nitrogens with one attached hydrogen (secondary N) is 2. The first-order valence-electron chi connectivity index (χ1n) is 7.10. The molecule has 2 aromatic rings. The summed E-state index contributed by atoms with van der Waals surface area (Å²) in [4.78, 5) is 24.0. The highest BCUT2D eigenvalue weighted by molar-refractivity contribution is 6.08. The fourth-order valence-electron chi connectivity index (χ4n) is 2.09. The Labute approximate surface area is 134 Å². The van der Waals surface area contributed by atoms with Gasteiger partial charge in [0.05, 0.1) is 30.6 Å². The van der Waals surface area contributed by atoms with E-state index in [9.17, 15) is 9.59 Å². The molecule has 6 nitrogen and oxygen atoms in total. The predicted octanol–water partition coefficient (Wildman–Crippen LogP) is 2.15. The molecular formula is C17H19N3O3. The standard InChI is InChI=1S/C17H19N3O3/c1-11-7-8-13(14(9-11)19-16(21)10-18)20-17(22)12-5-3-4-6-15(12)23-2/h3-9H,10,18H2,1-2H3,(H,19,21)(H,20,22). The van der Waals surface area contributed by atoms with Gasteiger partial charge in [0, 0.05) is 0 Å². The monoisotopic (exact) mass is 313 g/mol. The number of amides is 2. The Balaban J connectivity index is 2.28. The summed E-state index contributed by atoms with van der Waals surface area (Å²) in [6, 6.07) is 12.3. The van der Waals surface area contributed by atoms with Gasteiger partial charge in [0.1, 0.15) is 5.75 Å². The zero-order valence-corrected chi connectivity index (χ0v) is 13.1. The molecule has 0 aliphatic heterocycles. The molecule has 0 fully saturated rings. The van der Waals surface area contributed by atoms with Gasteiger partial charge in [0.2, 0.25) is 5.91 Å². The molecule has 0 heterocycles. The molecule has 0 aliphatic rings. The average molecular weight is 313 g/mol. The van der Waals surface area contributed by atoms with Crippen LogP contribution >= 0.6 is 0 Å². The highest BCUT2D eigenvalue weighted by Crippen LogP contribution is 2.25. The Kier molecular flexibility index (Phi) is 5.32. The fourth-order valence-corrected chi connectivity index (χ4v) is 2.09. The van der Waals surface area contributed by atoms with Crippen LogP contribution < -0.4 is 21.1 Å². The lowest BCUT2D eigenvalue weighted by atomic mass is 10.1. The number of hydrogen-bond acceptors (Lipinski definition) is 4. The average Bonchev–Trinajstić information content (AvgIpc) is 2.57. The van der Waals surface area contributed by atoms with Crippen molar-refractivity contribution in [3.8, 4) is 5.75 Å². The molecular weight excluding hydrogens is 294 g/mol. The van der Waals surface area contributed by atoms with Crippen LogP contribution in [0.15, 0.2) is 42.5 Å². The summed E-state index contributed by atoms with van der Waals surface area (Å²) in [6.07, 6.45) is 0. The molecule has 0 atom stereocenters. The molecule has 0 saturated carbocycles. The van der Waals surface area contributed by atoms with Gasteiger partial charge in [0.25, 0.3) is 5.91 Å². The van der Waals surface area contributed by atoms with Crippen LogP contribution in [0.4, 0.5) is 11.4 Å². The summed E-state index contributed by atoms with van der Waals surface area (Å²) in [5.74, 6) is -0.178. The van der Waals surface area contributed by atoms with Gasteiger partial charge in [-0.1, -0.05) is 18.2 Å². The van der Waals surface area contributed by atoms with E-state index in [1.54, 1.807) is 36.4 Å². The van der Waals surface area contributed by atoms with Crippen LogP contribution in [0.3, 0.4) is 0 Å². The first kappa shape index (κ1) is 16.5. The van der Waals surface area contributed by atoms with Crippen molar-refractivity contribution in [1.82, 2.24) is 0 Å². The van der Waals surface area contributed by atoms with Crippen molar-refractivity contribution in [3.05, 3.63) is 53.6 Å². The van der Waals surface area contributed by atoms with Crippen molar-refractivity contribution in [2.45, 2.75) is 6.92 Å². The van der Waals surface area contributed by atoms with E-state index in [4.69, 9.17) is 10.5 Å². The van der Waals surface area contributed by atoms with Crippen LogP contribution in [0, 0.1) is 6.92 Å². The summed E-state index contributed by atoms with van der Waals surface area (Å²) in [5.41, 5.74) is 7.68. The third-order valence-electron chi connectivity index (χ3n) is 3.23. The summed E-state index contributed by atoms with van der Waals surface area (Å²) in [7, 11) is 1.50. The first-order valence-corrected chi connectivity index (χ1v) is 7.10. The van der Waals surface area contributed by atoms with Crippen molar-refractivity contribution in [3.63, 3.8) is 0 Å². The second-order valence-electron chi connectivity index (χ2n) is 4.96. The number of ether oxygens (including phenoxy) is 1. The van der Waals surface area contributed by atoms with E-state index in [1.807, 2.05) is 13.0 Å². The highest BCUT2D eigenvalue weighted by atomic mass is 16.5. The predicted molar refractivity (Wildman–Crippen MR) is 89.8 cm³/mol. The SMILES string of the molecule is COc1ccccc1C(=O)Nc1ccc(C)cc1NC(=O)CN. The van der Waals surface area contributed by atoms with Crippen LogP contribution in [0.25, 0.3) is 0 Å². The number of nitrogens with two attached hydrogens (primary N) is 1. The Bertz CT molecular complexity index is 729. The van der Waals surface area contributed by atoms with Crippen molar-refractivity contribution < 1.29 is 14.3 Å². The van der Waals surface area contributed by atoms with E-state index < -0.39 is 0 Å². The molecule has 2 amide bonds. The molecule has 4 N–H and O–H groups in total.